The molecule has 0 saturated carbocycles. The van der Waals surface area contributed by atoms with Crippen molar-refractivity contribution in [3.63, 3.8) is 0 Å². The van der Waals surface area contributed by atoms with Crippen LogP contribution in [0.25, 0.3) is 0 Å². The van der Waals surface area contributed by atoms with Crippen molar-refractivity contribution in [1.82, 2.24) is 5.43 Å². The summed E-state index contributed by atoms with van der Waals surface area (Å²) in [5, 5.41) is 17.3. The van der Waals surface area contributed by atoms with E-state index in [1.54, 1.807) is 84.2 Å². The highest BCUT2D eigenvalue weighted by Crippen LogP contribution is 2.31. The zero-order chi connectivity index (χ0) is 25.4. The number of hydrogen-bond acceptors (Lipinski definition) is 7. The molecule has 0 fully saturated rings. The summed E-state index contributed by atoms with van der Waals surface area (Å²) in [6, 6.07) is 25.7. The summed E-state index contributed by atoms with van der Waals surface area (Å²) in [5.41, 5.74) is 1.93. The quantitative estimate of drug-likeness (QED) is 0.150. The lowest BCUT2D eigenvalue weighted by molar-refractivity contribution is -0.136. The SMILES string of the molecule is CCOc1cc(/C=N\NC(=O)C(O)(c2ccccc2)c2ccccc2)ccc1OC(=O)c1cccs1. The third-order valence-electron chi connectivity index (χ3n) is 5.28. The van der Waals surface area contributed by atoms with Crippen molar-refractivity contribution in [2.24, 2.45) is 5.10 Å². The molecule has 0 atom stereocenters. The van der Waals surface area contributed by atoms with Gasteiger partial charge in [-0.3, -0.25) is 4.79 Å². The average Bonchev–Trinajstić information content (AvgIpc) is 3.46. The second-order valence-electron chi connectivity index (χ2n) is 7.65. The Balaban J connectivity index is 1.53. The molecule has 0 radical (unpaired) electrons. The third-order valence-corrected chi connectivity index (χ3v) is 6.13. The topological polar surface area (TPSA) is 97.2 Å². The van der Waals surface area contributed by atoms with Gasteiger partial charge in [-0.15, -0.1) is 11.3 Å². The van der Waals surface area contributed by atoms with Crippen molar-refractivity contribution in [2.45, 2.75) is 12.5 Å². The van der Waals surface area contributed by atoms with Gasteiger partial charge in [-0.25, -0.2) is 10.2 Å². The molecule has 1 aromatic heterocycles. The molecule has 0 unspecified atom stereocenters. The largest absolute Gasteiger partial charge is 0.490 e. The molecule has 0 aliphatic carbocycles. The smallest absolute Gasteiger partial charge is 0.353 e. The highest BCUT2D eigenvalue weighted by molar-refractivity contribution is 7.12. The Kier molecular flexibility index (Phi) is 7.89. The van der Waals surface area contributed by atoms with E-state index in [1.807, 2.05) is 19.1 Å². The molecule has 4 rings (SSSR count). The van der Waals surface area contributed by atoms with Crippen LogP contribution in [0.1, 0.15) is 33.3 Å². The first-order valence-electron chi connectivity index (χ1n) is 11.2. The molecular formula is C28H24N2O5S. The lowest BCUT2D eigenvalue weighted by atomic mass is 9.85. The molecule has 182 valence electrons. The van der Waals surface area contributed by atoms with E-state index in [0.29, 0.717) is 33.9 Å². The number of aliphatic hydroxyl groups is 1. The minimum Gasteiger partial charge on any atom is -0.490 e. The minimum absolute atomic E-state index is 0.277. The van der Waals surface area contributed by atoms with Crippen LogP contribution in [0.3, 0.4) is 0 Å². The molecule has 8 heteroatoms. The van der Waals surface area contributed by atoms with E-state index in [-0.39, 0.29) is 5.75 Å². The number of esters is 1. The number of nitrogens with zero attached hydrogens (tertiary/aromatic N) is 1. The molecule has 4 aromatic rings. The molecule has 0 aliphatic heterocycles. The van der Waals surface area contributed by atoms with E-state index in [2.05, 4.69) is 10.5 Å². The highest BCUT2D eigenvalue weighted by atomic mass is 32.1. The van der Waals surface area contributed by atoms with Gasteiger partial charge in [0.05, 0.1) is 12.8 Å². The zero-order valence-electron chi connectivity index (χ0n) is 19.5. The number of nitrogens with one attached hydrogen (secondary N) is 1. The summed E-state index contributed by atoms with van der Waals surface area (Å²) < 4.78 is 11.1. The van der Waals surface area contributed by atoms with E-state index in [4.69, 9.17) is 9.47 Å². The van der Waals surface area contributed by atoms with Gasteiger partial charge in [0.15, 0.2) is 17.1 Å². The first-order chi connectivity index (χ1) is 17.5. The van der Waals surface area contributed by atoms with Crippen molar-refractivity contribution in [2.75, 3.05) is 6.61 Å². The second kappa shape index (κ2) is 11.4. The number of hydrazone groups is 1. The Bertz CT molecular complexity index is 1300. The van der Waals surface area contributed by atoms with Gasteiger partial charge in [-0.05, 0) is 53.3 Å². The summed E-state index contributed by atoms with van der Waals surface area (Å²) >= 11 is 1.29. The number of hydrogen-bond donors (Lipinski definition) is 2. The molecule has 1 heterocycles. The number of carbonyl (C=O) groups excluding carboxylic acids is 2. The maximum absolute atomic E-state index is 13.2. The van der Waals surface area contributed by atoms with Gasteiger partial charge in [0.2, 0.25) is 0 Å². The fourth-order valence-electron chi connectivity index (χ4n) is 3.54. The van der Waals surface area contributed by atoms with E-state index in [9.17, 15) is 14.7 Å². The van der Waals surface area contributed by atoms with Crippen molar-refractivity contribution in [3.05, 3.63) is 118 Å². The zero-order valence-corrected chi connectivity index (χ0v) is 20.3. The standard InChI is InChI=1S/C28H24N2O5S/c1-2-34-24-18-20(15-16-23(24)35-26(31)25-14-9-17-36-25)19-29-30-27(32)28(33,21-10-5-3-6-11-21)22-12-7-4-8-13-22/h3-19,33H,2H2,1H3,(H,30,32)/b29-19-. The molecule has 0 saturated heterocycles. The van der Waals surface area contributed by atoms with Gasteiger partial charge in [0.1, 0.15) is 4.88 Å². The maximum Gasteiger partial charge on any atom is 0.353 e. The Morgan fingerprint density at radius 2 is 1.61 bits per heavy atom. The number of amides is 1. The van der Waals surface area contributed by atoms with Crippen LogP contribution in [0, 0.1) is 0 Å². The number of thiophene rings is 1. The van der Waals surface area contributed by atoms with Crippen LogP contribution in [-0.2, 0) is 10.4 Å². The van der Waals surface area contributed by atoms with Gasteiger partial charge < -0.3 is 14.6 Å². The van der Waals surface area contributed by atoms with E-state index < -0.39 is 17.5 Å². The maximum atomic E-state index is 13.2. The van der Waals surface area contributed by atoms with Gasteiger partial charge in [0, 0.05) is 0 Å². The molecule has 2 N–H and O–H groups in total. The van der Waals surface area contributed by atoms with Crippen LogP contribution in [0.5, 0.6) is 11.5 Å². The number of rotatable bonds is 9. The predicted octanol–water partition coefficient (Wildman–Crippen LogP) is 4.75. The van der Waals surface area contributed by atoms with Gasteiger partial charge >= 0.3 is 5.97 Å². The second-order valence-corrected chi connectivity index (χ2v) is 8.60. The van der Waals surface area contributed by atoms with Crippen LogP contribution in [0.15, 0.2) is 101 Å². The van der Waals surface area contributed by atoms with Crippen LogP contribution >= 0.6 is 11.3 Å². The summed E-state index contributed by atoms with van der Waals surface area (Å²) in [4.78, 5) is 26.0. The molecule has 3 aromatic carbocycles. The van der Waals surface area contributed by atoms with Crippen LogP contribution in [-0.4, -0.2) is 29.8 Å². The van der Waals surface area contributed by atoms with Gasteiger partial charge in [-0.1, -0.05) is 66.7 Å². The third kappa shape index (κ3) is 5.51. The summed E-state index contributed by atoms with van der Waals surface area (Å²) in [6.07, 6.45) is 1.42. The van der Waals surface area contributed by atoms with Crippen molar-refractivity contribution < 1.29 is 24.2 Å². The van der Waals surface area contributed by atoms with E-state index >= 15 is 0 Å². The van der Waals surface area contributed by atoms with Crippen molar-refractivity contribution in [1.29, 1.82) is 0 Å². The Hall–Kier alpha value is -4.27. The van der Waals surface area contributed by atoms with Crippen LogP contribution in [0.2, 0.25) is 0 Å². The molecule has 0 spiro atoms. The Labute approximate surface area is 212 Å². The fraction of sp³-hybridized carbons (Fsp3) is 0.107. The van der Waals surface area contributed by atoms with E-state index in [0.717, 1.165) is 0 Å². The lowest BCUT2D eigenvalue weighted by Gasteiger charge is -2.27. The molecular weight excluding hydrogens is 476 g/mol. The predicted molar refractivity (Wildman–Crippen MR) is 139 cm³/mol. The normalized spacial score (nSPS) is 11.3. The van der Waals surface area contributed by atoms with Crippen molar-refractivity contribution in [3.8, 4) is 11.5 Å². The van der Waals surface area contributed by atoms with Gasteiger partial charge in [0.25, 0.3) is 5.91 Å². The minimum atomic E-state index is -1.93. The lowest BCUT2D eigenvalue weighted by Crippen LogP contribution is -2.43. The Morgan fingerprint density at radius 1 is 0.944 bits per heavy atom. The highest BCUT2D eigenvalue weighted by Gasteiger charge is 2.39. The summed E-state index contributed by atoms with van der Waals surface area (Å²) in [7, 11) is 0. The molecule has 0 aliphatic rings. The van der Waals surface area contributed by atoms with Crippen LogP contribution in [0.4, 0.5) is 0 Å². The number of benzene rings is 3. The number of ether oxygens (including phenoxy) is 2. The summed E-state index contributed by atoms with van der Waals surface area (Å²) in [5.74, 6) is -0.537. The van der Waals surface area contributed by atoms with Crippen LogP contribution < -0.4 is 14.9 Å². The average molecular weight is 501 g/mol. The molecule has 36 heavy (non-hydrogen) atoms. The molecule has 0 bridgehead atoms. The van der Waals surface area contributed by atoms with Gasteiger partial charge in [-0.2, -0.15) is 5.10 Å². The first kappa shape index (κ1) is 24.8. The first-order valence-corrected chi connectivity index (χ1v) is 12.1. The summed E-state index contributed by atoms with van der Waals surface area (Å²) in [6.45, 7) is 2.18. The molecule has 7 nitrogen and oxygen atoms in total. The molecule has 1 amide bonds. The monoisotopic (exact) mass is 500 g/mol. The Morgan fingerprint density at radius 3 is 2.19 bits per heavy atom. The van der Waals surface area contributed by atoms with Crippen molar-refractivity contribution >= 4 is 29.4 Å². The fourth-order valence-corrected chi connectivity index (χ4v) is 4.14. The number of carbonyl (C=O) groups is 2. The van der Waals surface area contributed by atoms with E-state index in [1.165, 1.54) is 17.6 Å².